The first kappa shape index (κ1) is 11.4. The highest BCUT2D eigenvalue weighted by atomic mass is 31.2. The van der Waals surface area contributed by atoms with E-state index in [2.05, 4.69) is 10.5 Å². The lowest BCUT2D eigenvalue weighted by Crippen LogP contribution is -2.13. The van der Waals surface area contributed by atoms with Crippen LogP contribution in [0, 0.1) is 0 Å². The van der Waals surface area contributed by atoms with Crippen molar-refractivity contribution in [3.8, 4) is 0 Å². The molecular formula is C5H12NO5P. The van der Waals surface area contributed by atoms with Gasteiger partial charge >= 0.3 is 13.7 Å². The van der Waals surface area contributed by atoms with Crippen LogP contribution >= 0.6 is 7.60 Å². The Morgan fingerprint density at radius 2 is 2.00 bits per heavy atom. The van der Waals surface area contributed by atoms with Gasteiger partial charge in [0.05, 0.1) is 6.61 Å². The van der Waals surface area contributed by atoms with E-state index >= 15 is 0 Å². The molecule has 0 radical (unpaired) electrons. The van der Waals surface area contributed by atoms with Gasteiger partial charge in [0.15, 0.2) is 0 Å². The van der Waals surface area contributed by atoms with E-state index in [9.17, 15) is 9.36 Å². The largest absolute Gasteiger partial charge is 0.450 e. The molecule has 0 rings (SSSR count). The van der Waals surface area contributed by atoms with Crippen LogP contribution in [-0.4, -0.2) is 28.6 Å². The van der Waals surface area contributed by atoms with Crippen LogP contribution in [0.5, 0.6) is 0 Å². The number of ether oxygens (including phenoxy) is 1. The maximum atomic E-state index is 10.3. The monoisotopic (exact) mass is 197 g/mol. The minimum absolute atomic E-state index is 0.106. The molecular weight excluding hydrogens is 185 g/mol. The highest BCUT2D eigenvalue weighted by Crippen LogP contribution is 2.35. The van der Waals surface area contributed by atoms with E-state index in [4.69, 9.17) is 9.79 Å². The summed E-state index contributed by atoms with van der Waals surface area (Å²) < 4.78 is 14.6. The zero-order valence-electron chi connectivity index (χ0n) is 6.47. The van der Waals surface area contributed by atoms with Gasteiger partial charge in [0.2, 0.25) is 0 Å². The van der Waals surface area contributed by atoms with Gasteiger partial charge < -0.3 is 20.3 Å². The van der Waals surface area contributed by atoms with Crippen molar-refractivity contribution in [1.82, 2.24) is 0 Å². The molecule has 0 saturated carbocycles. The van der Waals surface area contributed by atoms with Crippen LogP contribution in [0.3, 0.4) is 0 Å². The molecule has 4 N–H and O–H groups in total. The summed E-state index contributed by atoms with van der Waals surface area (Å²) in [7, 11) is -3.90. The molecule has 72 valence electrons. The van der Waals surface area contributed by atoms with Gasteiger partial charge in [-0.2, -0.15) is 0 Å². The van der Waals surface area contributed by atoms with Crippen molar-refractivity contribution in [1.29, 1.82) is 0 Å². The summed E-state index contributed by atoms with van der Waals surface area (Å²) in [4.78, 5) is 26.8. The molecule has 0 bridgehead atoms. The number of unbranched alkanes of at least 4 members (excludes halogenated alkanes) is 1. The summed E-state index contributed by atoms with van der Waals surface area (Å²) in [6, 6.07) is 0. The van der Waals surface area contributed by atoms with Gasteiger partial charge in [-0.1, -0.05) is 0 Å². The van der Waals surface area contributed by atoms with Crippen LogP contribution < -0.4 is 5.73 Å². The van der Waals surface area contributed by atoms with Crippen LogP contribution in [0.25, 0.3) is 0 Å². The molecule has 0 aliphatic carbocycles. The summed E-state index contributed by atoms with van der Waals surface area (Å²) in [5.41, 5.74) is 4.65. The fourth-order valence-corrected chi connectivity index (χ4v) is 1.23. The van der Waals surface area contributed by atoms with E-state index < -0.39 is 13.7 Å². The van der Waals surface area contributed by atoms with Crippen LogP contribution in [-0.2, 0) is 9.30 Å². The number of hydrogen-bond acceptors (Lipinski definition) is 3. The van der Waals surface area contributed by atoms with E-state index in [1.807, 2.05) is 0 Å². The zero-order chi connectivity index (χ0) is 9.61. The quantitative estimate of drug-likeness (QED) is 0.425. The van der Waals surface area contributed by atoms with E-state index in [0.29, 0.717) is 12.8 Å². The van der Waals surface area contributed by atoms with Crippen molar-refractivity contribution in [2.75, 3.05) is 12.8 Å². The Bertz CT molecular complexity index is 188. The van der Waals surface area contributed by atoms with Gasteiger partial charge in [-0.15, -0.1) is 0 Å². The van der Waals surface area contributed by atoms with Gasteiger partial charge in [-0.05, 0) is 12.8 Å². The zero-order valence-corrected chi connectivity index (χ0v) is 7.37. The average molecular weight is 197 g/mol. The SMILES string of the molecule is NC(=O)OCCCCP(=O)(O)O. The number of primary amides is 1. The smallest absolute Gasteiger partial charge is 0.404 e. The molecule has 0 unspecified atom stereocenters. The standard InChI is InChI=1S/C5H12NO5P/c6-5(7)11-3-1-2-4-12(8,9)10/h1-4H2,(H2,6,7)(H2,8,9,10). The normalized spacial score (nSPS) is 11.2. The second kappa shape index (κ2) is 5.13. The summed E-state index contributed by atoms with van der Waals surface area (Å²) in [6.45, 7) is 0.106. The molecule has 12 heavy (non-hydrogen) atoms. The van der Waals surface area contributed by atoms with E-state index in [1.54, 1.807) is 0 Å². The van der Waals surface area contributed by atoms with Crippen molar-refractivity contribution in [3.63, 3.8) is 0 Å². The third kappa shape index (κ3) is 9.42. The Morgan fingerprint density at radius 3 is 2.42 bits per heavy atom. The highest BCUT2D eigenvalue weighted by Gasteiger charge is 2.11. The molecule has 6 nitrogen and oxygen atoms in total. The first-order valence-electron chi connectivity index (χ1n) is 3.38. The Hall–Kier alpha value is -0.580. The summed E-state index contributed by atoms with van der Waals surface area (Å²) in [6.07, 6.45) is -0.327. The molecule has 0 saturated heterocycles. The Kier molecular flexibility index (Phi) is 4.89. The lowest BCUT2D eigenvalue weighted by atomic mass is 10.4. The average Bonchev–Trinajstić information content (AvgIpc) is 1.83. The summed E-state index contributed by atoms with van der Waals surface area (Å²) in [5, 5.41) is 0. The number of amides is 1. The molecule has 0 spiro atoms. The number of nitrogens with two attached hydrogens (primary N) is 1. The third-order valence-electron chi connectivity index (χ3n) is 1.09. The Labute approximate surface area is 69.9 Å². The van der Waals surface area contributed by atoms with E-state index in [1.165, 1.54) is 0 Å². The first-order chi connectivity index (χ1) is 5.42. The minimum Gasteiger partial charge on any atom is -0.450 e. The number of hydrogen-bond donors (Lipinski definition) is 3. The van der Waals surface area contributed by atoms with Gasteiger partial charge in [-0.25, -0.2) is 4.79 Å². The van der Waals surface area contributed by atoms with Crippen molar-refractivity contribution in [3.05, 3.63) is 0 Å². The molecule has 7 heteroatoms. The van der Waals surface area contributed by atoms with Crippen molar-refractivity contribution < 1.29 is 23.9 Å². The van der Waals surface area contributed by atoms with Crippen molar-refractivity contribution >= 4 is 13.7 Å². The van der Waals surface area contributed by atoms with Gasteiger partial charge in [0.25, 0.3) is 0 Å². The lowest BCUT2D eigenvalue weighted by molar-refractivity contribution is 0.155. The summed E-state index contributed by atoms with van der Waals surface area (Å²) >= 11 is 0. The number of carbonyl (C=O) groups excluding carboxylic acids is 1. The molecule has 0 aliphatic heterocycles. The Balaban J connectivity index is 3.23. The first-order valence-corrected chi connectivity index (χ1v) is 5.18. The highest BCUT2D eigenvalue weighted by molar-refractivity contribution is 7.51. The van der Waals surface area contributed by atoms with Gasteiger partial charge in [0.1, 0.15) is 0 Å². The second-order valence-corrected chi connectivity index (χ2v) is 4.04. The van der Waals surface area contributed by atoms with Crippen LogP contribution in [0.4, 0.5) is 4.79 Å². The predicted octanol–water partition coefficient (Wildman–Crippen LogP) is 0.0396. The minimum atomic E-state index is -3.90. The van der Waals surface area contributed by atoms with Crippen molar-refractivity contribution in [2.24, 2.45) is 5.73 Å². The number of rotatable bonds is 5. The van der Waals surface area contributed by atoms with Crippen LogP contribution in [0.1, 0.15) is 12.8 Å². The molecule has 0 atom stereocenters. The van der Waals surface area contributed by atoms with Crippen LogP contribution in [0.2, 0.25) is 0 Å². The maximum absolute atomic E-state index is 10.3. The van der Waals surface area contributed by atoms with Gasteiger partial charge in [-0.3, -0.25) is 4.57 Å². The topological polar surface area (TPSA) is 110 Å². The summed E-state index contributed by atoms with van der Waals surface area (Å²) in [5.74, 6) is 0. The molecule has 0 aromatic rings. The number of carbonyl (C=O) groups is 1. The fraction of sp³-hybridized carbons (Fsp3) is 0.800. The van der Waals surface area contributed by atoms with E-state index in [0.717, 1.165) is 0 Å². The molecule has 0 aromatic carbocycles. The van der Waals surface area contributed by atoms with Gasteiger partial charge in [0, 0.05) is 6.16 Å². The second-order valence-electron chi connectivity index (χ2n) is 2.26. The molecule has 0 aromatic heterocycles. The molecule has 1 amide bonds. The molecule has 0 aliphatic rings. The Morgan fingerprint density at radius 1 is 1.42 bits per heavy atom. The van der Waals surface area contributed by atoms with Crippen molar-refractivity contribution in [2.45, 2.75) is 12.8 Å². The lowest BCUT2D eigenvalue weighted by Gasteiger charge is -2.03. The molecule has 0 fully saturated rings. The third-order valence-corrected chi connectivity index (χ3v) is 1.99. The predicted molar refractivity (Wildman–Crippen MR) is 41.7 cm³/mol. The van der Waals surface area contributed by atoms with E-state index in [-0.39, 0.29) is 12.8 Å². The fourth-order valence-electron chi connectivity index (χ4n) is 0.593. The molecule has 0 heterocycles. The maximum Gasteiger partial charge on any atom is 0.404 e. The van der Waals surface area contributed by atoms with Crippen LogP contribution in [0.15, 0.2) is 0 Å².